The van der Waals surface area contributed by atoms with E-state index < -0.39 is 16.0 Å². The molecule has 1 aromatic rings. The molecule has 1 aliphatic rings. The first kappa shape index (κ1) is 15.6. The molecule has 0 spiro atoms. The lowest BCUT2D eigenvalue weighted by Crippen LogP contribution is -2.33. The molecule has 0 atom stereocenters. The van der Waals surface area contributed by atoms with Crippen LogP contribution in [0.5, 0.6) is 0 Å². The van der Waals surface area contributed by atoms with Gasteiger partial charge in [0, 0.05) is 11.1 Å². The Balaban J connectivity index is 2.42. The van der Waals surface area contributed by atoms with Gasteiger partial charge in [0.05, 0.1) is 10.6 Å². The third-order valence-electron chi connectivity index (χ3n) is 3.20. The van der Waals surface area contributed by atoms with Gasteiger partial charge in [-0.1, -0.05) is 36.0 Å². The van der Waals surface area contributed by atoms with E-state index in [9.17, 15) is 13.2 Å². The Kier molecular flexibility index (Phi) is 4.59. The minimum Gasteiger partial charge on any atom is -0.478 e. The van der Waals surface area contributed by atoms with Gasteiger partial charge < -0.3 is 5.11 Å². The molecule has 0 amide bonds. The van der Waals surface area contributed by atoms with E-state index in [1.54, 1.807) is 0 Å². The number of carboxylic acid groups (broad SMARTS) is 1. The van der Waals surface area contributed by atoms with Gasteiger partial charge >= 0.3 is 5.97 Å². The molecular formula is C12H13Cl2NO4S. The Morgan fingerprint density at radius 3 is 2.40 bits per heavy atom. The fraction of sp³-hybridized carbons (Fsp3) is 0.417. The number of sulfonamides is 1. The molecule has 0 radical (unpaired) electrons. The van der Waals surface area contributed by atoms with E-state index in [-0.39, 0.29) is 26.5 Å². The average molecular weight is 338 g/mol. The highest BCUT2D eigenvalue weighted by molar-refractivity contribution is 7.89. The van der Waals surface area contributed by atoms with Crippen molar-refractivity contribution in [3.05, 3.63) is 27.7 Å². The first-order valence-electron chi connectivity index (χ1n) is 6.06. The highest BCUT2D eigenvalue weighted by Crippen LogP contribution is 2.30. The molecule has 1 aliphatic carbocycles. The monoisotopic (exact) mass is 337 g/mol. The van der Waals surface area contributed by atoms with E-state index in [0.717, 1.165) is 37.8 Å². The van der Waals surface area contributed by atoms with E-state index >= 15 is 0 Å². The van der Waals surface area contributed by atoms with Gasteiger partial charge in [-0.15, -0.1) is 0 Å². The summed E-state index contributed by atoms with van der Waals surface area (Å²) in [5.41, 5.74) is -0.328. The lowest BCUT2D eigenvalue weighted by molar-refractivity contribution is 0.0697. The molecule has 0 bridgehead atoms. The van der Waals surface area contributed by atoms with Crippen molar-refractivity contribution in [2.24, 2.45) is 0 Å². The van der Waals surface area contributed by atoms with Gasteiger partial charge in [0.25, 0.3) is 0 Å². The highest BCUT2D eigenvalue weighted by atomic mass is 35.5. The summed E-state index contributed by atoms with van der Waals surface area (Å²) >= 11 is 11.7. The molecule has 2 N–H and O–H groups in total. The van der Waals surface area contributed by atoms with E-state index in [1.165, 1.54) is 0 Å². The SMILES string of the molecule is O=C(O)c1cc(Cl)cc(S(=O)(=O)NC2CCCC2)c1Cl. The standard InChI is InChI=1S/C12H13Cl2NO4S/c13-7-5-9(12(16)17)11(14)10(6-7)20(18,19)15-8-3-1-2-4-8/h5-6,8,15H,1-4H2,(H,16,17). The number of carboxylic acids is 1. The first-order valence-corrected chi connectivity index (χ1v) is 8.30. The lowest BCUT2D eigenvalue weighted by Gasteiger charge is -2.14. The second kappa shape index (κ2) is 5.89. The van der Waals surface area contributed by atoms with Crippen molar-refractivity contribution in [3.63, 3.8) is 0 Å². The fourth-order valence-electron chi connectivity index (χ4n) is 2.24. The predicted octanol–water partition coefficient (Wildman–Crippen LogP) is 2.91. The fourth-order valence-corrected chi connectivity index (χ4v) is 4.45. The molecule has 1 saturated carbocycles. The van der Waals surface area contributed by atoms with Crippen molar-refractivity contribution in [2.75, 3.05) is 0 Å². The van der Waals surface area contributed by atoms with Crippen molar-refractivity contribution in [3.8, 4) is 0 Å². The van der Waals surface area contributed by atoms with Crippen LogP contribution in [0.3, 0.4) is 0 Å². The van der Waals surface area contributed by atoms with Crippen LogP contribution in [0.4, 0.5) is 0 Å². The van der Waals surface area contributed by atoms with E-state index in [0.29, 0.717) is 0 Å². The van der Waals surface area contributed by atoms with Crippen LogP contribution in [0.15, 0.2) is 17.0 Å². The molecule has 5 nitrogen and oxygen atoms in total. The molecule has 0 heterocycles. The summed E-state index contributed by atoms with van der Waals surface area (Å²) < 4.78 is 27.1. The van der Waals surface area contributed by atoms with Gasteiger partial charge in [-0.2, -0.15) is 0 Å². The van der Waals surface area contributed by atoms with Crippen molar-refractivity contribution in [1.29, 1.82) is 0 Å². The zero-order valence-electron chi connectivity index (χ0n) is 10.4. The van der Waals surface area contributed by atoms with Gasteiger partial charge in [-0.3, -0.25) is 0 Å². The topological polar surface area (TPSA) is 83.5 Å². The van der Waals surface area contributed by atoms with Gasteiger partial charge in [0.2, 0.25) is 10.0 Å². The number of benzene rings is 1. The van der Waals surface area contributed by atoms with Crippen molar-refractivity contribution in [1.82, 2.24) is 4.72 Å². The smallest absolute Gasteiger partial charge is 0.337 e. The van der Waals surface area contributed by atoms with Crippen LogP contribution in [0.2, 0.25) is 10.0 Å². The largest absolute Gasteiger partial charge is 0.478 e. The zero-order chi connectivity index (χ0) is 14.9. The maximum absolute atomic E-state index is 12.3. The first-order chi connectivity index (χ1) is 9.31. The molecule has 20 heavy (non-hydrogen) atoms. The molecule has 8 heteroatoms. The minimum atomic E-state index is -3.88. The second-order valence-electron chi connectivity index (χ2n) is 4.67. The van der Waals surface area contributed by atoms with Gasteiger partial charge in [-0.05, 0) is 25.0 Å². The Hall–Kier alpha value is -0.820. The Bertz CT molecular complexity index is 639. The van der Waals surface area contributed by atoms with E-state index in [1.807, 2.05) is 0 Å². The van der Waals surface area contributed by atoms with Crippen molar-refractivity contribution >= 4 is 39.2 Å². The molecular weight excluding hydrogens is 325 g/mol. The number of hydrogen-bond donors (Lipinski definition) is 2. The molecule has 1 aromatic carbocycles. The maximum atomic E-state index is 12.3. The number of halogens is 2. The van der Waals surface area contributed by atoms with Crippen molar-refractivity contribution in [2.45, 2.75) is 36.6 Å². The summed E-state index contributed by atoms with van der Waals surface area (Å²) in [5.74, 6) is -1.32. The van der Waals surface area contributed by atoms with Crippen LogP contribution in [-0.2, 0) is 10.0 Å². The predicted molar refractivity (Wildman–Crippen MR) is 76.0 cm³/mol. The molecule has 0 saturated heterocycles. The second-order valence-corrected chi connectivity index (χ2v) is 7.17. The molecule has 0 unspecified atom stereocenters. The number of nitrogens with one attached hydrogen (secondary N) is 1. The van der Waals surface area contributed by atoms with Gasteiger partial charge in [0.15, 0.2) is 0 Å². The minimum absolute atomic E-state index is 0.0126. The number of rotatable bonds is 4. The van der Waals surface area contributed by atoms with E-state index in [4.69, 9.17) is 28.3 Å². The number of aromatic carboxylic acids is 1. The van der Waals surface area contributed by atoms with Crippen LogP contribution in [0, 0.1) is 0 Å². The quantitative estimate of drug-likeness (QED) is 0.884. The van der Waals surface area contributed by atoms with Gasteiger partial charge in [-0.25, -0.2) is 17.9 Å². The van der Waals surface area contributed by atoms with Crippen LogP contribution in [-0.4, -0.2) is 25.5 Å². The maximum Gasteiger partial charge on any atom is 0.337 e. The number of hydrogen-bond acceptors (Lipinski definition) is 3. The summed E-state index contributed by atoms with van der Waals surface area (Å²) in [6.07, 6.45) is 3.47. The molecule has 1 fully saturated rings. The Morgan fingerprint density at radius 1 is 1.25 bits per heavy atom. The normalized spacial score (nSPS) is 16.5. The zero-order valence-corrected chi connectivity index (χ0v) is 12.7. The molecule has 110 valence electrons. The van der Waals surface area contributed by atoms with Gasteiger partial charge in [0.1, 0.15) is 4.90 Å². The van der Waals surface area contributed by atoms with E-state index in [2.05, 4.69) is 4.72 Å². The summed E-state index contributed by atoms with van der Waals surface area (Å²) in [5, 5.41) is 8.69. The average Bonchev–Trinajstić information content (AvgIpc) is 2.83. The third-order valence-corrected chi connectivity index (χ3v) is 5.48. The third kappa shape index (κ3) is 3.25. The van der Waals surface area contributed by atoms with Crippen LogP contribution in [0.25, 0.3) is 0 Å². The van der Waals surface area contributed by atoms with Crippen LogP contribution in [0.1, 0.15) is 36.0 Å². The molecule has 0 aliphatic heterocycles. The van der Waals surface area contributed by atoms with Crippen LogP contribution >= 0.6 is 23.2 Å². The molecule has 0 aromatic heterocycles. The summed E-state index contributed by atoms with van der Waals surface area (Å²) in [6, 6.07) is 2.15. The van der Waals surface area contributed by atoms with Crippen molar-refractivity contribution < 1.29 is 18.3 Å². The van der Waals surface area contributed by atoms with Crippen LogP contribution < -0.4 is 4.72 Å². The molecule has 2 rings (SSSR count). The summed E-state index contributed by atoms with van der Waals surface area (Å²) in [6.45, 7) is 0. The Labute approximate surface area is 126 Å². The Morgan fingerprint density at radius 2 is 1.85 bits per heavy atom. The summed E-state index contributed by atoms with van der Waals surface area (Å²) in [7, 11) is -3.88. The number of carbonyl (C=O) groups is 1. The summed E-state index contributed by atoms with van der Waals surface area (Å²) in [4.78, 5) is 10.7. The lowest BCUT2D eigenvalue weighted by atomic mass is 10.2. The highest BCUT2D eigenvalue weighted by Gasteiger charge is 2.27.